The summed E-state index contributed by atoms with van der Waals surface area (Å²) in [5.74, 6) is -0.729. The highest BCUT2D eigenvalue weighted by molar-refractivity contribution is 6.77. The highest BCUT2D eigenvalue weighted by Gasteiger charge is 2.46. The van der Waals surface area contributed by atoms with Gasteiger partial charge in [0.05, 0.1) is 6.10 Å². The molecule has 0 aliphatic carbocycles. The molecule has 4 heteroatoms. The fourth-order valence-electron chi connectivity index (χ4n) is 4.29. The lowest BCUT2D eigenvalue weighted by Gasteiger charge is -2.45. The number of rotatable bonds is 11. The SMILES string of the molecule is CC(C)[Si](O[C@@H](C/C=C/C(=O)O)[C@H](C)/C=C/c1ccccc1)(C(C)C)C(C)C. The molecule has 1 N–H and O–H groups in total. The predicted octanol–water partition coefficient (Wildman–Crippen LogP) is 6.93. The Morgan fingerprint density at radius 3 is 2.00 bits per heavy atom. The molecule has 0 aromatic heterocycles. The molecular weight excluding hydrogens is 364 g/mol. The number of carboxylic acid groups (broad SMARTS) is 1. The zero-order valence-electron chi connectivity index (χ0n) is 18.6. The van der Waals surface area contributed by atoms with E-state index in [2.05, 4.69) is 72.8 Å². The number of carboxylic acids is 1. The number of aliphatic carboxylic acids is 1. The zero-order valence-corrected chi connectivity index (χ0v) is 19.6. The fourth-order valence-corrected chi connectivity index (χ4v) is 9.95. The summed E-state index contributed by atoms with van der Waals surface area (Å²) in [6.45, 7) is 15.8. The number of benzene rings is 1. The second-order valence-corrected chi connectivity index (χ2v) is 14.0. The van der Waals surface area contributed by atoms with Gasteiger partial charge >= 0.3 is 5.97 Å². The van der Waals surface area contributed by atoms with Gasteiger partial charge in [-0.1, -0.05) is 97.0 Å². The van der Waals surface area contributed by atoms with Gasteiger partial charge in [-0.2, -0.15) is 0 Å². The van der Waals surface area contributed by atoms with E-state index in [1.807, 2.05) is 18.2 Å². The van der Waals surface area contributed by atoms with Gasteiger partial charge in [0.2, 0.25) is 8.32 Å². The summed E-state index contributed by atoms with van der Waals surface area (Å²) in [5, 5.41) is 8.98. The average molecular weight is 403 g/mol. The van der Waals surface area contributed by atoms with E-state index in [-0.39, 0.29) is 12.0 Å². The molecule has 0 aliphatic rings. The van der Waals surface area contributed by atoms with E-state index < -0.39 is 14.3 Å². The normalized spacial score (nSPS) is 15.2. The maximum atomic E-state index is 10.9. The van der Waals surface area contributed by atoms with Crippen molar-refractivity contribution in [1.29, 1.82) is 0 Å². The first-order valence-corrected chi connectivity index (χ1v) is 12.6. The Bertz CT molecular complexity index is 625. The summed E-state index contributed by atoms with van der Waals surface area (Å²) >= 11 is 0. The van der Waals surface area contributed by atoms with Crippen LogP contribution in [0.2, 0.25) is 16.6 Å². The molecule has 2 atom stereocenters. The molecule has 3 nitrogen and oxygen atoms in total. The van der Waals surface area contributed by atoms with E-state index in [1.54, 1.807) is 6.08 Å². The lowest BCUT2D eigenvalue weighted by molar-refractivity contribution is -0.131. The first kappa shape index (κ1) is 24.4. The Morgan fingerprint density at radius 1 is 1.00 bits per heavy atom. The van der Waals surface area contributed by atoms with Gasteiger partial charge in [-0.15, -0.1) is 0 Å². The van der Waals surface area contributed by atoms with Crippen molar-refractivity contribution in [2.24, 2.45) is 5.92 Å². The van der Waals surface area contributed by atoms with Crippen LogP contribution in [0.4, 0.5) is 0 Å². The Kier molecular flexibility index (Phi) is 9.90. The van der Waals surface area contributed by atoms with Crippen LogP contribution in [0.5, 0.6) is 0 Å². The van der Waals surface area contributed by atoms with Gasteiger partial charge in [-0.3, -0.25) is 0 Å². The van der Waals surface area contributed by atoms with Gasteiger partial charge in [-0.05, 0) is 34.5 Å². The Morgan fingerprint density at radius 2 is 1.54 bits per heavy atom. The highest BCUT2D eigenvalue weighted by atomic mass is 28.4. The molecule has 0 fully saturated rings. The van der Waals surface area contributed by atoms with Crippen LogP contribution >= 0.6 is 0 Å². The summed E-state index contributed by atoms with van der Waals surface area (Å²) in [4.78, 5) is 10.9. The monoisotopic (exact) mass is 402 g/mol. The predicted molar refractivity (Wildman–Crippen MR) is 122 cm³/mol. The first-order valence-electron chi connectivity index (χ1n) is 10.4. The molecule has 0 bridgehead atoms. The first-order chi connectivity index (χ1) is 13.1. The minimum atomic E-state index is -2.05. The third-order valence-corrected chi connectivity index (χ3v) is 11.8. The van der Waals surface area contributed by atoms with Crippen LogP contribution in [0, 0.1) is 5.92 Å². The van der Waals surface area contributed by atoms with E-state index in [1.165, 1.54) is 6.08 Å². The molecule has 0 unspecified atom stereocenters. The van der Waals surface area contributed by atoms with Crippen molar-refractivity contribution in [3.8, 4) is 0 Å². The Balaban J connectivity index is 3.15. The molecule has 156 valence electrons. The van der Waals surface area contributed by atoms with Crippen molar-refractivity contribution in [3.63, 3.8) is 0 Å². The van der Waals surface area contributed by atoms with Crippen LogP contribution < -0.4 is 0 Å². The van der Waals surface area contributed by atoms with Gasteiger partial charge in [0, 0.05) is 6.08 Å². The van der Waals surface area contributed by atoms with E-state index in [9.17, 15) is 4.79 Å². The smallest absolute Gasteiger partial charge is 0.327 e. The van der Waals surface area contributed by atoms with E-state index in [4.69, 9.17) is 9.53 Å². The van der Waals surface area contributed by atoms with Gasteiger partial charge in [0.1, 0.15) is 0 Å². The second-order valence-electron chi connectivity index (χ2n) is 8.58. The number of hydrogen-bond donors (Lipinski definition) is 1. The highest BCUT2D eigenvalue weighted by Crippen LogP contribution is 2.44. The summed E-state index contributed by atoms with van der Waals surface area (Å²) in [6.07, 6.45) is 7.86. The summed E-state index contributed by atoms with van der Waals surface area (Å²) < 4.78 is 7.00. The number of hydrogen-bond acceptors (Lipinski definition) is 2. The zero-order chi connectivity index (χ0) is 21.3. The molecule has 1 rings (SSSR count). The minimum Gasteiger partial charge on any atom is -0.478 e. The fraction of sp³-hybridized carbons (Fsp3) is 0.542. The second kappa shape index (κ2) is 11.4. The molecule has 1 aromatic rings. The van der Waals surface area contributed by atoms with Crippen LogP contribution in [0.25, 0.3) is 6.08 Å². The third-order valence-electron chi connectivity index (χ3n) is 5.67. The third kappa shape index (κ3) is 6.75. The molecule has 0 amide bonds. The van der Waals surface area contributed by atoms with Crippen LogP contribution in [-0.4, -0.2) is 25.5 Å². The molecule has 0 radical (unpaired) electrons. The molecule has 28 heavy (non-hydrogen) atoms. The number of carbonyl (C=O) groups is 1. The lowest BCUT2D eigenvalue weighted by Crippen LogP contribution is -2.51. The van der Waals surface area contributed by atoms with E-state index in [0.717, 1.165) is 5.56 Å². The van der Waals surface area contributed by atoms with E-state index >= 15 is 0 Å². The van der Waals surface area contributed by atoms with Crippen LogP contribution in [0.3, 0.4) is 0 Å². The maximum Gasteiger partial charge on any atom is 0.327 e. The standard InChI is InChI=1S/C24H38O3Si/c1-18(2)28(19(3)4,20(5)6)27-23(14-11-15-24(25)26)21(7)16-17-22-12-9-8-10-13-22/h8-13,15-21,23H,14H2,1-7H3,(H,25,26)/b15-11+,17-16+/t21-,23+/m1/s1. The molecule has 1 aromatic carbocycles. The van der Waals surface area contributed by atoms with Crippen molar-refractivity contribution in [1.82, 2.24) is 0 Å². The quantitative estimate of drug-likeness (QED) is 0.322. The van der Waals surface area contributed by atoms with E-state index in [0.29, 0.717) is 23.0 Å². The molecular formula is C24H38O3Si. The Labute approximate surface area is 172 Å². The largest absolute Gasteiger partial charge is 0.478 e. The van der Waals surface area contributed by atoms with Crippen molar-refractivity contribution >= 4 is 20.4 Å². The van der Waals surface area contributed by atoms with Crippen LogP contribution in [-0.2, 0) is 9.22 Å². The molecule has 0 aliphatic heterocycles. The van der Waals surface area contributed by atoms with Gasteiger partial charge in [-0.25, -0.2) is 4.79 Å². The van der Waals surface area contributed by atoms with Crippen LogP contribution in [0.1, 0.15) is 60.5 Å². The maximum absolute atomic E-state index is 10.9. The summed E-state index contributed by atoms with van der Waals surface area (Å²) in [7, 11) is -2.05. The lowest BCUT2D eigenvalue weighted by atomic mass is 10.00. The molecule has 0 saturated carbocycles. The van der Waals surface area contributed by atoms with Crippen LogP contribution in [0.15, 0.2) is 48.6 Å². The topological polar surface area (TPSA) is 46.5 Å². The summed E-state index contributed by atoms with van der Waals surface area (Å²) in [5.41, 5.74) is 2.63. The molecule has 0 saturated heterocycles. The summed E-state index contributed by atoms with van der Waals surface area (Å²) in [6, 6.07) is 10.2. The van der Waals surface area contributed by atoms with Gasteiger partial charge < -0.3 is 9.53 Å². The average Bonchev–Trinajstić information content (AvgIpc) is 2.62. The van der Waals surface area contributed by atoms with Crippen molar-refractivity contribution in [2.75, 3.05) is 0 Å². The van der Waals surface area contributed by atoms with Gasteiger partial charge in [0.25, 0.3) is 0 Å². The van der Waals surface area contributed by atoms with Gasteiger partial charge in [0.15, 0.2) is 0 Å². The minimum absolute atomic E-state index is 0.0329. The Hall–Kier alpha value is -1.65. The van der Waals surface area contributed by atoms with Crippen molar-refractivity contribution in [3.05, 3.63) is 54.1 Å². The van der Waals surface area contributed by atoms with Crippen molar-refractivity contribution < 1.29 is 14.3 Å². The molecule has 0 heterocycles. The molecule has 0 spiro atoms. The van der Waals surface area contributed by atoms with Crippen molar-refractivity contribution in [2.45, 2.75) is 77.6 Å².